The van der Waals surface area contributed by atoms with E-state index in [0.717, 1.165) is 29.2 Å². The van der Waals surface area contributed by atoms with Crippen LogP contribution < -0.4 is 5.32 Å². The number of hydrogen-bond donors (Lipinski definition) is 1. The highest BCUT2D eigenvalue weighted by atomic mass is 32.2. The largest absolute Gasteiger partial charge is 0.352 e. The highest BCUT2D eigenvalue weighted by molar-refractivity contribution is 8.00. The van der Waals surface area contributed by atoms with Gasteiger partial charge in [-0.15, -0.1) is 0 Å². The Morgan fingerprint density at radius 3 is 2.67 bits per heavy atom. The molecule has 1 atom stereocenters. The average molecular weight is 378 g/mol. The summed E-state index contributed by atoms with van der Waals surface area (Å²) in [5.74, 6) is 0.0591. The van der Waals surface area contributed by atoms with E-state index in [0.29, 0.717) is 6.04 Å². The van der Waals surface area contributed by atoms with Gasteiger partial charge in [-0.2, -0.15) is 0 Å². The van der Waals surface area contributed by atoms with Gasteiger partial charge in [-0.1, -0.05) is 59.8 Å². The third-order valence-electron chi connectivity index (χ3n) is 4.71. The summed E-state index contributed by atoms with van der Waals surface area (Å²) in [6.45, 7) is 4.19. The van der Waals surface area contributed by atoms with Crippen LogP contribution in [0.5, 0.6) is 0 Å². The fourth-order valence-electron chi connectivity index (χ4n) is 3.15. The molecule has 138 valence electrons. The molecule has 4 nitrogen and oxygen atoms in total. The van der Waals surface area contributed by atoms with Crippen molar-refractivity contribution in [3.05, 3.63) is 77.6 Å². The molecule has 2 aromatic carbocycles. The molecule has 1 fully saturated rings. The van der Waals surface area contributed by atoms with E-state index < -0.39 is 0 Å². The van der Waals surface area contributed by atoms with Gasteiger partial charge in [0.2, 0.25) is 5.91 Å². The second kappa shape index (κ2) is 7.61. The number of rotatable bonds is 6. The van der Waals surface area contributed by atoms with E-state index in [4.69, 9.17) is 0 Å². The van der Waals surface area contributed by atoms with Gasteiger partial charge in [0.25, 0.3) is 0 Å². The quantitative estimate of drug-likeness (QED) is 0.639. The second-order valence-corrected chi connectivity index (χ2v) is 8.13. The predicted octanol–water partition coefficient (Wildman–Crippen LogP) is 4.60. The summed E-state index contributed by atoms with van der Waals surface area (Å²) in [6, 6.07) is 16.7. The molecule has 4 rings (SSSR count). The van der Waals surface area contributed by atoms with Crippen molar-refractivity contribution in [2.45, 2.75) is 43.1 Å². The third-order valence-corrected chi connectivity index (χ3v) is 5.94. The van der Waals surface area contributed by atoms with Crippen LogP contribution in [0.3, 0.4) is 0 Å². The van der Waals surface area contributed by atoms with Gasteiger partial charge in [-0.05, 0) is 43.9 Å². The van der Waals surface area contributed by atoms with Crippen molar-refractivity contribution in [1.29, 1.82) is 0 Å². The van der Waals surface area contributed by atoms with Crippen LogP contribution in [0.2, 0.25) is 0 Å². The molecule has 1 saturated carbocycles. The van der Waals surface area contributed by atoms with Crippen LogP contribution in [0.25, 0.3) is 5.69 Å². The summed E-state index contributed by atoms with van der Waals surface area (Å²) in [7, 11) is 0. The van der Waals surface area contributed by atoms with Gasteiger partial charge in [-0.25, -0.2) is 4.98 Å². The molecule has 1 N–H and O–H groups in total. The maximum atomic E-state index is 12.9. The first-order chi connectivity index (χ1) is 13.1. The van der Waals surface area contributed by atoms with Crippen molar-refractivity contribution in [1.82, 2.24) is 14.9 Å². The zero-order valence-corrected chi connectivity index (χ0v) is 16.4. The van der Waals surface area contributed by atoms with Crippen molar-refractivity contribution >= 4 is 17.7 Å². The van der Waals surface area contributed by atoms with E-state index in [1.807, 2.05) is 36.5 Å². The molecule has 0 aliphatic heterocycles. The van der Waals surface area contributed by atoms with Crippen molar-refractivity contribution in [3.8, 4) is 5.69 Å². The highest BCUT2D eigenvalue weighted by Gasteiger charge is 2.30. The minimum Gasteiger partial charge on any atom is -0.352 e. The molecular formula is C22H23N3OS. The Bertz CT molecular complexity index is 947. The first kappa shape index (κ1) is 17.9. The van der Waals surface area contributed by atoms with E-state index in [1.165, 1.54) is 22.9 Å². The van der Waals surface area contributed by atoms with Crippen LogP contribution in [0, 0.1) is 13.8 Å². The normalized spacial score (nSPS) is 14.7. The minimum atomic E-state index is -0.321. The molecule has 1 aliphatic carbocycles. The number of nitrogens with one attached hydrogen (secondary N) is 1. The van der Waals surface area contributed by atoms with Crippen LogP contribution >= 0.6 is 11.8 Å². The maximum absolute atomic E-state index is 12.9. The number of aromatic nitrogens is 2. The summed E-state index contributed by atoms with van der Waals surface area (Å²) >= 11 is 1.50. The number of amides is 1. The second-order valence-electron chi connectivity index (χ2n) is 7.06. The molecule has 0 saturated heterocycles. The average Bonchev–Trinajstić information content (AvgIpc) is 3.36. The highest BCUT2D eigenvalue weighted by Crippen LogP contribution is 2.37. The summed E-state index contributed by atoms with van der Waals surface area (Å²) in [6.07, 6.45) is 5.91. The fraction of sp³-hybridized carbons (Fsp3) is 0.273. The Morgan fingerprint density at radius 1 is 1.19 bits per heavy atom. The van der Waals surface area contributed by atoms with Gasteiger partial charge in [-0.3, -0.25) is 9.36 Å². The standard InChI is InChI=1S/C22H23N3OS/c1-15-8-11-19(16(2)14-15)25-13-12-23-22(25)27-20(17-6-4-3-5-7-17)21(26)24-18-9-10-18/h3-8,11-14,18,20H,9-10H2,1-2H3,(H,24,26)/t20-/m1/s1. The number of benzene rings is 2. The van der Waals surface area contributed by atoms with Gasteiger partial charge in [0.1, 0.15) is 5.25 Å². The number of thioether (sulfide) groups is 1. The van der Waals surface area contributed by atoms with E-state index >= 15 is 0 Å². The number of carbonyl (C=O) groups is 1. The third kappa shape index (κ3) is 4.08. The molecule has 5 heteroatoms. The van der Waals surface area contributed by atoms with Gasteiger partial charge < -0.3 is 5.32 Å². The van der Waals surface area contributed by atoms with Crippen molar-refractivity contribution < 1.29 is 4.79 Å². The maximum Gasteiger partial charge on any atom is 0.238 e. The van der Waals surface area contributed by atoms with Crippen LogP contribution in [-0.4, -0.2) is 21.5 Å². The zero-order chi connectivity index (χ0) is 18.8. The topological polar surface area (TPSA) is 46.9 Å². The summed E-state index contributed by atoms with van der Waals surface area (Å²) in [5, 5.41) is 3.65. The van der Waals surface area contributed by atoms with E-state index in [-0.39, 0.29) is 11.2 Å². The van der Waals surface area contributed by atoms with Crippen LogP contribution in [0.4, 0.5) is 0 Å². The van der Waals surface area contributed by atoms with Gasteiger partial charge in [0.15, 0.2) is 5.16 Å². The van der Waals surface area contributed by atoms with Crippen LogP contribution in [-0.2, 0) is 4.79 Å². The lowest BCUT2D eigenvalue weighted by Crippen LogP contribution is -2.29. The molecule has 27 heavy (non-hydrogen) atoms. The number of nitrogens with zero attached hydrogens (tertiary/aromatic N) is 2. The first-order valence-electron chi connectivity index (χ1n) is 9.25. The van der Waals surface area contributed by atoms with E-state index in [9.17, 15) is 4.79 Å². The molecule has 3 aromatic rings. The zero-order valence-electron chi connectivity index (χ0n) is 15.6. The molecule has 1 aliphatic rings. The molecule has 1 amide bonds. The van der Waals surface area contributed by atoms with E-state index in [1.54, 1.807) is 6.20 Å². The smallest absolute Gasteiger partial charge is 0.238 e. The molecule has 0 radical (unpaired) electrons. The SMILES string of the molecule is Cc1ccc(-n2ccnc2S[C@@H](C(=O)NC2CC2)c2ccccc2)c(C)c1. The predicted molar refractivity (Wildman–Crippen MR) is 109 cm³/mol. The Balaban J connectivity index is 1.66. The Kier molecular flexibility index (Phi) is 5.03. The fourth-order valence-corrected chi connectivity index (χ4v) is 4.22. The van der Waals surface area contributed by atoms with Crippen LogP contribution in [0.1, 0.15) is 34.8 Å². The Morgan fingerprint density at radius 2 is 1.96 bits per heavy atom. The van der Waals surface area contributed by atoms with Crippen molar-refractivity contribution in [3.63, 3.8) is 0 Å². The minimum absolute atomic E-state index is 0.0591. The number of aryl methyl sites for hydroxylation is 2. The molecular weight excluding hydrogens is 354 g/mol. The van der Waals surface area contributed by atoms with Crippen LogP contribution in [0.15, 0.2) is 66.1 Å². The molecule has 1 heterocycles. The Hall–Kier alpha value is -2.53. The van der Waals surface area contributed by atoms with Gasteiger partial charge >= 0.3 is 0 Å². The van der Waals surface area contributed by atoms with Gasteiger partial charge in [0.05, 0.1) is 5.69 Å². The molecule has 1 aromatic heterocycles. The Labute approximate surface area is 164 Å². The van der Waals surface area contributed by atoms with E-state index in [2.05, 4.69) is 46.9 Å². The van der Waals surface area contributed by atoms with Crippen molar-refractivity contribution in [2.75, 3.05) is 0 Å². The molecule has 0 bridgehead atoms. The summed E-state index contributed by atoms with van der Waals surface area (Å²) in [5.41, 5.74) is 4.51. The summed E-state index contributed by atoms with van der Waals surface area (Å²) < 4.78 is 2.07. The molecule has 0 spiro atoms. The van der Waals surface area contributed by atoms with Gasteiger partial charge in [0, 0.05) is 18.4 Å². The monoisotopic (exact) mass is 377 g/mol. The first-order valence-corrected chi connectivity index (χ1v) is 10.1. The van der Waals surface area contributed by atoms with Crippen molar-refractivity contribution in [2.24, 2.45) is 0 Å². The summed E-state index contributed by atoms with van der Waals surface area (Å²) in [4.78, 5) is 17.5. The lowest BCUT2D eigenvalue weighted by molar-refractivity contribution is -0.120. The molecule has 0 unspecified atom stereocenters. The number of imidazole rings is 1. The number of carbonyl (C=O) groups excluding carboxylic acids is 1. The number of hydrogen-bond acceptors (Lipinski definition) is 3. The lowest BCUT2D eigenvalue weighted by atomic mass is 10.1. The lowest BCUT2D eigenvalue weighted by Gasteiger charge is -2.18.